The molecule has 1 aliphatic rings. The zero-order valence-electron chi connectivity index (χ0n) is 11.6. The van der Waals surface area contributed by atoms with E-state index in [1.165, 1.54) is 5.56 Å². The lowest BCUT2D eigenvalue weighted by molar-refractivity contribution is -0.120. The van der Waals surface area contributed by atoms with Crippen molar-refractivity contribution in [2.75, 3.05) is 13.1 Å². The van der Waals surface area contributed by atoms with Gasteiger partial charge in [-0.25, -0.2) is 0 Å². The van der Waals surface area contributed by atoms with Crippen LogP contribution in [0.15, 0.2) is 30.3 Å². The fraction of sp³-hybridized carbons (Fsp3) is 0.500. The number of carbonyl (C=O) groups excluding carboxylic acids is 1. The van der Waals surface area contributed by atoms with Gasteiger partial charge in [-0.3, -0.25) is 9.69 Å². The highest BCUT2D eigenvalue weighted by Gasteiger charge is 2.29. The van der Waals surface area contributed by atoms with Crippen LogP contribution in [0.2, 0.25) is 0 Å². The number of halogens is 2. The second-order valence-corrected chi connectivity index (χ2v) is 4.97. The van der Waals surface area contributed by atoms with E-state index in [0.29, 0.717) is 6.04 Å². The van der Waals surface area contributed by atoms with Crippen LogP contribution in [0.25, 0.3) is 0 Å². The third kappa shape index (κ3) is 5.29. The molecule has 3 N–H and O–H groups in total. The van der Waals surface area contributed by atoms with Crippen LogP contribution in [0.4, 0.5) is 0 Å². The third-order valence-electron chi connectivity index (χ3n) is 3.48. The zero-order valence-corrected chi connectivity index (χ0v) is 13.3. The Hall–Kier alpha value is -0.810. The van der Waals surface area contributed by atoms with Gasteiger partial charge in [0.1, 0.15) is 0 Å². The summed E-state index contributed by atoms with van der Waals surface area (Å²) in [7, 11) is 0. The van der Waals surface area contributed by atoms with Gasteiger partial charge in [0.2, 0.25) is 5.91 Å². The summed E-state index contributed by atoms with van der Waals surface area (Å²) >= 11 is 0. The molecule has 2 rings (SSSR count). The number of rotatable bonds is 4. The molecule has 6 heteroatoms. The van der Waals surface area contributed by atoms with Crippen LogP contribution in [0.5, 0.6) is 0 Å². The maximum absolute atomic E-state index is 11.3. The summed E-state index contributed by atoms with van der Waals surface area (Å²) < 4.78 is 0. The Morgan fingerprint density at radius 2 is 2.00 bits per heavy atom. The molecule has 0 bridgehead atoms. The Balaban J connectivity index is 0.00000180. The van der Waals surface area contributed by atoms with Crippen molar-refractivity contribution >= 4 is 30.7 Å². The van der Waals surface area contributed by atoms with E-state index in [4.69, 9.17) is 5.73 Å². The molecule has 1 amide bonds. The molecule has 1 aromatic rings. The average Bonchev–Trinajstić information content (AvgIpc) is 2.71. The predicted molar refractivity (Wildman–Crippen MR) is 86.4 cm³/mol. The number of nitrogens with two attached hydrogens (primary N) is 1. The number of hydrogen-bond donors (Lipinski definition) is 2. The Bertz CT molecular complexity index is 403. The number of carbonyl (C=O) groups is 1. The first kappa shape index (κ1) is 19.2. The van der Waals surface area contributed by atoms with Gasteiger partial charge in [0, 0.05) is 25.2 Å². The Morgan fingerprint density at radius 1 is 1.35 bits per heavy atom. The molecule has 1 heterocycles. The number of benzene rings is 1. The third-order valence-corrected chi connectivity index (χ3v) is 3.48. The van der Waals surface area contributed by atoms with Gasteiger partial charge >= 0.3 is 0 Å². The monoisotopic (exact) mass is 319 g/mol. The minimum Gasteiger partial charge on any atom is -0.351 e. The normalized spacial score (nSPS) is 21.7. The van der Waals surface area contributed by atoms with E-state index in [0.717, 1.165) is 19.5 Å². The van der Waals surface area contributed by atoms with Gasteiger partial charge in [0.25, 0.3) is 0 Å². The first-order chi connectivity index (χ1) is 8.69. The molecule has 114 valence electrons. The van der Waals surface area contributed by atoms with Gasteiger partial charge in [-0.15, -0.1) is 24.8 Å². The van der Waals surface area contributed by atoms with Crippen molar-refractivity contribution in [3.63, 3.8) is 0 Å². The van der Waals surface area contributed by atoms with Crippen LogP contribution in [0.3, 0.4) is 0 Å². The molecule has 2 unspecified atom stereocenters. The van der Waals surface area contributed by atoms with E-state index in [1.807, 2.05) is 6.07 Å². The van der Waals surface area contributed by atoms with Crippen molar-refractivity contribution in [3.8, 4) is 0 Å². The Morgan fingerprint density at radius 3 is 2.60 bits per heavy atom. The smallest absolute Gasteiger partial charge is 0.233 e. The van der Waals surface area contributed by atoms with Crippen LogP contribution >= 0.6 is 24.8 Å². The highest BCUT2D eigenvalue weighted by atomic mass is 35.5. The van der Waals surface area contributed by atoms with E-state index in [1.54, 1.807) is 0 Å². The lowest BCUT2D eigenvalue weighted by Gasteiger charge is -2.20. The molecule has 0 aromatic heterocycles. The fourth-order valence-electron chi connectivity index (χ4n) is 2.53. The quantitative estimate of drug-likeness (QED) is 0.885. The van der Waals surface area contributed by atoms with Crippen molar-refractivity contribution in [2.24, 2.45) is 5.73 Å². The number of nitrogens with zero attached hydrogens (tertiary/aromatic N) is 1. The first-order valence-electron chi connectivity index (χ1n) is 6.46. The van der Waals surface area contributed by atoms with Gasteiger partial charge in [-0.05, 0) is 18.9 Å². The second-order valence-electron chi connectivity index (χ2n) is 4.97. The summed E-state index contributed by atoms with van der Waals surface area (Å²) in [6, 6.07) is 11.2. The minimum absolute atomic E-state index is 0. The van der Waals surface area contributed by atoms with Gasteiger partial charge in [-0.1, -0.05) is 30.3 Å². The summed E-state index contributed by atoms with van der Waals surface area (Å²) in [5, 5.41) is 2.97. The van der Waals surface area contributed by atoms with Crippen molar-refractivity contribution in [1.29, 1.82) is 0 Å². The van der Waals surface area contributed by atoms with Gasteiger partial charge in [0.15, 0.2) is 0 Å². The van der Waals surface area contributed by atoms with E-state index < -0.39 is 0 Å². The number of amides is 1. The zero-order chi connectivity index (χ0) is 13.0. The molecule has 2 atom stereocenters. The topological polar surface area (TPSA) is 58.4 Å². The van der Waals surface area contributed by atoms with Crippen molar-refractivity contribution in [3.05, 3.63) is 35.9 Å². The average molecular weight is 320 g/mol. The summed E-state index contributed by atoms with van der Waals surface area (Å²) in [5.74, 6) is -0.0613. The van der Waals surface area contributed by atoms with E-state index in [2.05, 4.69) is 41.4 Å². The molecule has 1 saturated heterocycles. The number of hydrogen-bond acceptors (Lipinski definition) is 3. The van der Waals surface area contributed by atoms with Crippen molar-refractivity contribution in [1.82, 2.24) is 10.2 Å². The predicted octanol–water partition coefficient (Wildman–Crippen LogP) is 1.57. The van der Waals surface area contributed by atoms with Crippen LogP contribution in [0.1, 0.15) is 18.9 Å². The number of likely N-dealkylation sites (tertiary alicyclic amines) is 1. The molecule has 0 radical (unpaired) electrons. The van der Waals surface area contributed by atoms with E-state index >= 15 is 0 Å². The summed E-state index contributed by atoms with van der Waals surface area (Å²) in [6.07, 6.45) is 0.999. The van der Waals surface area contributed by atoms with E-state index in [9.17, 15) is 4.79 Å². The molecule has 0 saturated carbocycles. The highest BCUT2D eigenvalue weighted by Crippen LogP contribution is 2.20. The lowest BCUT2D eigenvalue weighted by atomic mass is 10.2. The van der Waals surface area contributed by atoms with Gasteiger partial charge in [-0.2, -0.15) is 0 Å². The van der Waals surface area contributed by atoms with Crippen LogP contribution in [0, 0.1) is 0 Å². The van der Waals surface area contributed by atoms with Crippen LogP contribution in [-0.4, -0.2) is 36.0 Å². The summed E-state index contributed by atoms with van der Waals surface area (Å²) in [4.78, 5) is 13.7. The van der Waals surface area contributed by atoms with Crippen LogP contribution < -0.4 is 11.1 Å². The van der Waals surface area contributed by atoms with Crippen molar-refractivity contribution < 1.29 is 4.79 Å². The Kier molecular flexibility index (Phi) is 8.81. The molecule has 20 heavy (non-hydrogen) atoms. The molecule has 1 aromatic carbocycles. The largest absolute Gasteiger partial charge is 0.351 e. The lowest BCUT2D eigenvalue weighted by Crippen LogP contribution is -2.40. The summed E-state index contributed by atoms with van der Waals surface area (Å²) in [5.41, 5.74) is 6.63. The first-order valence-corrected chi connectivity index (χ1v) is 6.46. The van der Waals surface area contributed by atoms with Crippen molar-refractivity contribution in [2.45, 2.75) is 32.0 Å². The second kappa shape index (κ2) is 9.19. The van der Waals surface area contributed by atoms with E-state index in [-0.39, 0.29) is 43.3 Å². The molecule has 1 fully saturated rings. The molecule has 0 spiro atoms. The molecule has 0 aliphatic carbocycles. The number of nitrogens with one attached hydrogen (secondary N) is 1. The molecular weight excluding hydrogens is 297 g/mol. The SMILES string of the molecule is CC1CC(NC(=O)CN)CN1Cc1ccccc1.Cl.Cl. The molecule has 1 aliphatic heterocycles. The van der Waals surface area contributed by atoms with Gasteiger partial charge in [0.05, 0.1) is 6.54 Å². The minimum atomic E-state index is -0.0613. The molecule has 4 nitrogen and oxygen atoms in total. The highest BCUT2D eigenvalue weighted by molar-refractivity contribution is 5.85. The maximum Gasteiger partial charge on any atom is 0.233 e. The standard InChI is InChI=1S/C14H21N3O.2ClH/c1-11-7-13(16-14(18)8-15)10-17(11)9-12-5-3-2-4-6-12;;/h2-6,11,13H,7-10,15H2,1H3,(H,16,18);2*1H. The fourth-order valence-corrected chi connectivity index (χ4v) is 2.53. The Labute approximate surface area is 132 Å². The molecular formula is C14H23Cl2N3O. The van der Waals surface area contributed by atoms with Crippen LogP contribution in [-0.2, 0) is 11.3 Å². The summed E-state index contributed by atoms with van der Waals surface area (Å²) in [6.45, 7) is 4.12. The maximum atomic E-state index is 11.3. The van der Waals surface area contributed by atoms with Gasteiger partial charge < -0.3 is 11.1 Å².